The normalized spacial score (nSPS) is 10.8. The van der Waals surface area contributed by atoms with Crippen LogP contribution in [0.15, 0.2) is 57.7 Å². The third-order valence-electron chi connectivity index (χ3n) is 3.09. The molecule has 0 saturated carbocycles. The van der Waals surface area contributed by atoms with Crippen LogP contribution in [0.25, 0.3) is 22.3 Å². The van der Waals surface area contributed by atoms with Crippen molar-refractivity contribution in [2.75, 3.05) is 5.73 Å². The molecule has 2 N–H and O–H groups in total. The molecule has 3 rings (SSSR count). The Labute approximate surface area is 110 Å². The molecule has 3 heteroatoms. The molecule has 3 nitrogen and oxygen atoms in total. The maximum absolute atomic E-state index is 12.1. The van der Waals surface area contributed by atoms with Crippen molar-refractivity contribution in [3.63, 3.8) is 0 Å². The number of nitrogens with two attached hydrogens (primary N) is 1. The maximum atomic E-state index is 12.1. The number of aryl methyl sites for hydroxylation is 1. The molecule has 0 amide bonds. The van der Waals surface area contributed by atoms with Crippen molar-refractivity contribution in [2.45, 2.75) is 6.92 Å². The molecule has 2 aromatic carbocycles. The number of hydrogen-bond acceptors (Lipinski definition) is 3. The van der Waals surface area contributed by atoms with Gasteiger partial charge in [-0.3, -0.25) is 4.79 Å². The second-order valence-electron chi connectivity index (χ2n) is 4.60. The molecule has 0 fully saturated rings. The molecule has 0 radical (unpaired) electrons. The zero-order valence-corrected chi connectivity index (χ0v) is 10.5. The van der Waals surface area contributed by atoms with E-state index >= 15 is 0 Å². The third-order valence-corrected chi connectivity index (χ3v) is 3.09. The van der Waals surface area contributed by atoms with Crippen LogP contribution in [0.3, 0.4) is 0 Å². The van der Waals surface area contributed by atoms with E-state index in [0.717, 1.165) is 5.56 Å². The van der Waals surface area contributed by atoms with Crippen molar-refractivity contribution in [1.29, 1.82) is 0 Å². The van der Waals surface area contributed by atoms with Gasteiger partial charge in [-0.2, -0.15) is 0 Å². The van der Waals surface area contributed by atoms with Gasteiger partial charge < -0.3 is 10.2 Å². The van der Waals surface area contributed by atoms with Crippen LogP contribution in [0, 0.1) is 6.92 Å². The summed E-state index contributed by atoms with van der Waals surface area (Å²) in [6.07, 6.45) is 0. The summed E-state index contributed by atoms with van der Waals surface area (Å²) in [6, 6.07) is 14.5. The first-order valence-corrected chi connectivity index (χ1v) is 6.04. The number of anilines is 1. The van der Waals surface area contributed by atoms with Crippen molar-refractivity contribution < 1.29 is 4.42 Å². The minimum atomic E-state index is -0.0795. The van der Waals surface area contributed by atoms with Crippen molar-refractivity contribution in [3.8, 4) is 11.3 Å². The molecule has 94 valence electrons. The molecule has 0 aliphatic rings. The minimum absolute atomic E-state index is 0.0795. The molecule has 1 aromatic heterocycles. The maximum Gasteiger partial charge on any atom is 0.193 e. The van der Waals surface area contributed by atoms with E-state index in [9.17, 15) is 4.79 Å². The second-order valence-corrected chi connectivity index (χ2v) is 4.60. The molecule has 0 spiro atoms. The zero-order valence-electron chi connectivity index (χ0n) is 10.5. The lowest BCUT2D eigenvalue weighted by atomic mass is 10.1. The van der Waals surface area contributed by atoms with Crippen molar-refractivity contribution in [1.82, 2.24) is 0 Å². The number of hydrogen-bond donors (Lipinski definition) is 1. The highest BCUT2D eigenvalue weighted by molar-refractivity contribution is 5.81. The predicted octanol–water partition coefficient (Wildman–Crippen LogP) is 3.35. The third kappa shape index (κ3) is 2.10. The Balaban J connectivity index is 2.24. The molecule has 0 unspecified atom stereocenters. The summed E-state index contributed by atoms with van der Waals surface area (Å²) in [5, 5.41) is 0.510. The summed E-state index contributed by atoms with van der Waals surface area (Å²) in [7, 11) is 0. The highest BCUT2D eigenvalue weighted by atomic mass is 16.3. The van der Waals surface area contributed by atoms with Crippen LogP contribution in [0.1, 0.15) is 5.56 Å². The first kappa shape index (κ1) is 11.5. The van der Waals surface area contributed by atoms with Gasteiger partial charge in [0.1, 0.15) is 11.3 Å². The van der Waals surface area contributed by atoms with E-state index in [-0.39, 0.29) is 5.43 Å². The number of rotatable bonds is 1. The van der Waals surface area contributed by atoms with Gasteiger partial charge in [0, 0.05) is 17.3 Å². The Kier molecular flexibility index (Phi) is 2.60. The number of fused-ring (bicyclic) bond motifs is 1. The first-order chi connectivity index (χ1) is 9.13. The standard InChI is InChI=1S/C16H13NO2/c1-10-2-4-11(5-3-10)16-9-14(18)13-8-12(17)6-7-15(13)19-16/h2-9H,17H2,1H3. The summed E-state index contributed by atoms with van der Waals surface area (Å²) in [6.45, 7) is 2.02. The Bertz CT molecular complexity index is 801. The fourth-order valence-corrected chi connectivity index (χ4v) is 2.03. The van der Waals surface area contributed by atoms with Gasteiger partial charge in [0.05, 0.1) is 5.39 Å². The van der Waals surface area contributed by atoms with Crippen molar-refractivity contribution in [2.24, 2.45) is 0 Å². The number of nitrogen functional groups attached to an aromatic ring is 1. The molecular weight excluding hydrogens is 238 g/mol. The molecule has 19 heavy (non-hydrogen) atoms. The van der Waals surface area contributed by atoms with Crippen LogP contribution in [-0.4, -0.2) is 0 Å². The SMILES string of the molecule is Cc1ccc(-c2cc(=O)c3cc(N)ccc3o2)cc1. The Morgan fingerprint density at radius 1 is 1.00 bits per heavy atom. The lowest BCUT2D eigenvalue weighted by Gasteiger charge is -2.04. The quantitative estimate of drug-likeness (QED) is 0.675. The first-order valence-electron chi connectivity index (χ1n) is 6.04. The van der Waals surface area contributed by atoms with E-state index in [0.29, 0.717) is 22.4 Å². The monoisotopic (exact) mass is 251 g/mol. The molecule has 0 aliphatic heterocycles. The minimum Gasteiger partial charge on any atom is -0.456 e. The van der Waals surface area contributed by atoms with Crippen LogP contribution in [0.5, 0.6) is 0 Å². The lowest BCUT2D eigenvalue weighted by molar-refractivity contribution is 0.619. The van der Waals surface area contributed by atoms with E-state index in [1.54, 1.807) is 18.2 Å². The summed E-state index contributed by atoms with van der Waals surface area (Å²) in [5.41, 5.74) is 8.77. The Morgan fingerprint density at radius 2 is 1.74 bits per heavy atom. The summed E-state index contributed by atoms with van der Waals surface area (Å²) < 4.78 is 5.77. The van der Waals surface area contributed by atoms with E-state index < -0.39 is 0 Å². The molecular formula is C16H13NO2. The van der Waals surface area contributed by atoms with Gasteiger partial charge >= 0.3 is 0 Å². The predicted molar refractivity (Wildman–Crippen MR) is 77.1 cm³/mol. The average Bonchev–Trinajstić information content (AvgIpc) is 2.40. The Morgan fingerprint density at radius 3 is 2.47 bits per heavy atom. The smallest absolute Gasteiger partial charge is 0.193 e. The molecule has 1 heterocycles. The van der Waals surface area contributed by atoms with Crippen LogP contribution in [0.2, 0.25) is 0 Å². The van der Waals surface area contributed by atoms with Gasteiger partial charge in [-0.15, -0.1) is 0 Å². The molecule has 3 aromatic rings. The van der Waals surface area contributed by atoms with Gasteiger partial charge in [-0.25, -0.2) is 0 Å². The summed E-state index contributed by atoms with van der Waals surface area (Å²) in [4.78, 5) is 12.1. The van der Waals surface area contributed by atoms with Gasteiger partial charge in [-0.05, 0) is 25.1 Å². The molecule has 0 saturated heterocycles. The van der Waals surface area contributed by atoms with Crippen LogP contribution in [0.4, 0.5) is 5.69 Å². The molecule has 0 atom stereocenters. The highest BCUT2D eigenvalue weighted by Crippen LogP contribution is 2.23. The van der Waals surface area contributed by atoms with Gasteiger partial charge in [0.25, 0.3) is 0 Å². The van der Waals surface area contributed by atoms with Gasteiger partial charge in [-0.1, -0.05) is 29.8 Å². The summed E-state index contributed by atoms with van der Waals surface area (Å²) >= 11 is 0. The van der Waals surface area contributed by atoms with E-state index in [4.69, 9.17) is 10.2 Å². The van der Waals surface area contributed by atoms with E-state index in [2.05, 4.69) is 0 Å². The lowest BCUT2D eigenvalue weighted by Crippen LogP contribution is -2.01. The average molecular weight is 251 g/mol. The van der Waals surface area contributed by atoms with Crippen LogP contribution in [-0.2, 0) is 0 Å². The fourth-order valence-electron chi connectivity index (χ4n) is 2.03. The van der Waals surface area contributed by atoms with Crippen LogP contribution >= 0.6 is 0 Å². The van der Waals surface area contributed by atoms with Gasteiger partial charge in [0.15, 0.2) is 5.43 Å². The summed E-state index contributed by atoms with van der Waals surface area (Å²) in [5.74, 6) is 0.572. The largest absolute Gasteiger partial charge is 0.456 e. The highest BCUT2D eigenvalue weighted by Gasteiger charge is 2.07. The second kappa shape index (κ2) is 4.28. The van der Waals surface area contributed by atoms with Crippen molar-refractivity contribution in [3.05, 3.63) is 64.3 Å². The molecule has 0 bridgehead atoms. The number of benzene rings is 2. The van der Waals surface area contributed by atoms with Crippen molar-refractivity contribution >= 4 is 16.7 Å². The Hall–Kier alpha value is -2.55. The van der Waals surface area contributed by atoms with E-state index in [1.165, 1.54) is 11.6 Å². The topological polar surface area (TPSA) is 56.2 Å². The van der Waals surface area contributed by atoms with Crippen LogP contribution < -0.4 is 11.2 Å². The molecule has 0 aliphatic carbocycles. The van der Waals surface area contributed by atoms with Gasteiger partial charge in [0.2, 0.25) is 0 Å². The zero-order chi connectivity index (χ0) is 13.4. The fraction of sp³-hybridized carbons (Fsp3) is 0.0625. The van der Waals surface area contributed by atoms with E-state index in [1.807, 2.05) is 31.2 Å².